The SMILES string of the molecule is CCN(CC)C(=O)c1cc(N2CC(N)(C3CC3)C2)ccn1. The minimum absolute atomic E-state index is 0.00331. The number of carbonyl (C=O) groups excluding carboxylic acids is 1. The molecule has 1 aromatic heterocycles. The molecular formula is C16H24N4O. The molecule has 2 N–H and O–H groups in total. The highest BCUT2D eigenvalue weighted by molar-refractivity contribution is 5.93. The molecular weight excluding hydrogens is 264 g/mol. The number of nitrogens with two attached hydrogens (primary N) is 1. The van der Waals surface area contributed by atoms with Gasteiger partial charge in [0.2, 0.25) is 0 Å². The third-order valence-corrected chi connectivity index (χ3v) is 4.74. The molecule has 1 aliphatic carbocycles. The van der Waals surface area contributed by atoms with E-state index in [4.69, 9.17) is 5.73 Å². The van der Waals surface area contributed by atoms with Crippen LogP contribution >= 0.6 is 0 Å². The predicted octanol–water partition coefficient (Wildman–Crippen LogP) is 1.49. The fraction of sp³-hybridized carbons (Fsp3) is 0.625. The van der Waals surface area contributed by atoms with E-state index in [1.54, 1.807) is 11.1 Å². The summed E-state index contributed by atoms with van der Waals surface area (Å²) in [7, 11) is 0. The largest absolute Gasteiger partial charge is 0.368 e. The van der Waals surface area contributed by atoms with E-state index < -0.39 is 0 Å². The summed E-state index contributed by atoms with van der Waals surface area (Å²) in [5, 5.41) is 0. The molecule has 3 rings (SSSR count). The average molecular weight is 288 g/mol. The fourth-order valence-corrected chi connectivity index (χ4v) is 3.17. The molecule has 0 unspecified atom stereocenters. The first kappa shape index (κ1) is 14.3. The van der Waals surface area contributed by atoms with E-state index in [0.717, 1.165) is 18.8 Å². The van der Waals surface area contributed by atoms with E-state index in [-0.39, 0.29) is 11.4 Å². The number of anilines is 1. The van der Waals surface area contributed by atoms with Crippen molar-refractivity contribution in [3.63, 3.8) is 0 Å². The fourth-order valence-electron chi connectivity index (χ4n) is 3.17. The minimum Gasteiger partial charge on any atom is -0.368 e. The third-order valence-electron chi connectivity index (χ3n) is 4.74. The van der Waals surface area contributed by atoms with Gasteiger partial charge in [-0.25, -0.2) is 0 Å². The Morgan fingerprint density at radius 3 is 2.67 bits per heavy atom. The predicted molar refractivity (Wildman–Crippen MR) is 83.3 cm³/mol. The van der Waals surface area contributed by atoms with Crippen LogP contribution in [0, 0.1) is 5.92 Å². The molecule has 1 aromatic rings. The van der Waals surface area contributed by atoms with Crippen molar-refractivity contribution in [1.29, 1.82) is 0 Å². The van der Waals surface area contributed by atoms with E-state index in [0.29, 0.717) is 24.7 Å². The van der Waals surface area contributed by atoms with Gasteiger partial charge in [0.1, 0.15) is 5.69 Å². The summed E-state index contributed by atoms with van der Waals surface area (Å²) >= 11 is 0. The van der Waals surface area contributed by atoms with Crippen LogP contribution in [0.4, 0.5) is 5.69 Å². The second-order valence-electron chi connectivity index (χ2n) is 6.24. The summed E-state index contributed by atoms with van der Waals surface area (Å²) in [5.74, 6) is 0.705. The quantitative estimate of drug-likeness (QED) is 0.891. The summed E-state index contributed by atoms with van der Waals surface area (Å²) in [4.78, 5) is 20.6. The Balaban J connectivity index is 1.71. The van der Waals surface area contributed by atoms with Crippen LogP contribution in [0.1, 0.15) is 37.2 Å². The maximum atomic E-state index is 12.4. The summed E-state index contributed by atoms with van der Waals surface area (Å²) in [6, 6.07) is 3.86. The summed E-state index contributed by atoms with van der Waals surface area (Å²) in [5.41, 5.74) is 7.97. The van der Waals surface area contributed by atoms with Gasteiger partial charge in [-0.3, -0.25) is 9.78 Å². The van der Waals surface area contributed by atoms with Crippen LogP contribution in [-0.4, -0.2) is 47.5 Å². The van der Waals surface area contributed by atoms with E-state index in [1.807, 2.05) is 26.0 Å². The molecule has 2 heterocycles. The Bertz CT molecular complexity index is 531. The molecule has 1 amide bonds. The first-order valence-corrected chi connectivity index (χ1v) is 7.86. The lowest BCUT2D eigenvalue weighted by atomic mass is 9.85. The topological polar surface area (TPSA) is 62.5 Å². The maximum absolute atomic E-state index is 12.4. The lowest BCUT2D eigenvalue weighted by Crippen LogP contribution is -2.69. The lowest BCUT2D eigenvalue weighted by Gasteiger charge is -2.49. The molecule has 5 heteroatoms. The van der Waals surface area contributed by atoms with Gasteiger partial charge < -0.3 is 15.5 Å². The van der Waals surface area contributed by atoms with Crippen LogP contribution in [0.5, 0.6) is 0 Å². The lowest BCUT2D eigenvalue weighted by molar-refractivity contribution is 0.0767. The molecule has 1 saturated heterocycles. The Hall–Kier alpha value is -1.62. The summed E-state index contributed by atoms with van der Waals surface area (Å²) in [6.45, 7) is 7.16. The van der Waals surface area contributed by atoms with Gasteiger partial charge in [-0.05, 0) is 44.7 Å². The number of hydrogen-bond acceptors (Lipinski definition) is 4. The van der Waals surface area contributed by atoms with E-state index in [2.05, 4.69) is 9.88 Å². The first-order valence-electron chi connectivity index (χ1n) is 7.86. The highest BCUT2D eigenvalue weighted by atomic mass is 16.2. The molecule has 0 radical (unpaired) electrons. The molecule has 2 aliphatic rings. The molecule has 2 fully saturated rings. The zero-order chi connectivity index (χ0) is 15.0. The number of rotatable bonds is 5. The number of aromatic nitrogens is 1. The Morgan fingerprint density at radius 1 is 1.43 bits per heavy atom. The monoisotopic (exact) mass is 288 g/mol. The van der Waals surface area contributed by atoms with Gasteiger partial charge in [0, 0.05) is 38.1 Å². The van der Waals surface area contributed by atoms with Gasteiger partial charge >= 0.3 is 0 Å². The molecule has 114 valence electrons. The third kappa shape index (κ3) is 2.62. The van der Waals surface area contributed by atoms with Crippen LogP contribution in [0.25, 0.3) is 0 Å². The van der Waals surface area contributed by atoms with Crippen molar-refractivity contribution in [3.8, 4) is 0 Å². The van der Waals surface area contributed by atoms with Gasteiger partial charge in [0.25, 0.3) is 5.91 Å². The van der Waals surface area contributed by atoms with Gasteiger partial charge in [-0.2, -0.15) is 0 Å². The summed E-state index contributed by atoms with van der Waals surface area (Å²) < 4.78 is 0. The van der Waals surface area contributed by atoms with E-state index >= 15 is 0 Å². The van der Waals surface area contributed by atoms with Crippen LogP contribution in [0.15, 0.2) is 18.3 Å². The van der Waals surface area contributed by atoms with Crippen LogP contribution < -0.4 is 10.6 Å². The molecule has 0 bridgehead atoms. The minimum atomic E-state index is -0.00762. The number of amides is 1. The molecule has 1 saturated carbocycles. The number of nitrogens with zero attached hydrogens (tertiary/aromatic N) is 3. The summed E-state index contributed by atoms with van der Waals surface area (Å²) in [6.07, 6.45) is 4.26. The van der Waals surface area contributed by atoms with Gasteiger partial charge in [0.15, 0.2) is 0 Å². The molecule has 0 aromatic carbocycles. The molecule has 1 aliphatic heterocycles. The Kier molecular flexibility index (Phi) is 3.61. The van der Waals surface area contributed by atoms with Gasteiger partial charge in [0.05, 0.1) is 5.54 Å². The zero-order valence-electron chi connectivity index (χ0n) is 12.9. The number of carbonyl (C=O) groups is 1. The van der Waals surface area contributed by atoms with Crippen molar-refractivity contribution in [2.24, 2.45) is 11.7 Å². The van der Waals surface area contributed by atoms with Crippen molar-refractivity contribution >= 4 is 11.6 Å². The Morgan fingerprint density at radius 2 is 2.10 bits per heavy atom. The van der Waals surface area contributed by atoms with E-state index in [1.165, 1.54) is 12.8 Å². The van der Waals surface area contributed by atoms with Crippen LogP contribution in [-0.2, 0) is 0 Å². The highest BCUT2D eigenvalue weighted by Gasteiger charge is 2.50. The van der Waals surface area contributed by atoms with Gasteiger partial charge in [-0.15, -0.1) is 0 Å². The average Bonchev–Trinajstić information content (AvgIpc) is 3.30. The second-order valence-corrected chi connectivity index (χ2v) is 6.24. The maximum Gasteiger partial charge on any atom is 0.272 e. The number of hydrogen-bond donors (Lipinski definition) is 1. The zero-order valence-corrected chi connectivity index (χ0v) is 12.9. The van der Waals surface area contributed by atoms with Crippen molar-refractivity contribution in [3.05, 3.63) is 24.0 Å². The highest BCUT2D eigenvalue weighted by Crippen LogP contribution is 2.44. The van der Waals surface area contributed by atoms with Crippen molar-refractivity contribution < 1.29 is 4.79 Å². The smallest absolute Gasteiger partial charge is 0.272 e. The molecule has 21 heavy (non-hydrogen) atoms. The van der Waals surface area contributed by atoms with Crippen LogP contribution in [0.3, 0.4) is 0 Å². The van der Waals surface area contributed by atoms with Crippen molar-refractivity contribution in [2.75, 3.05) is 31.1 Å². The van der Waals surface area contributed by atoms with Crippen LogP contribution in [0.2, 0.25) is 0 Å². The van der Waals surface area contributed by atoms with Crippen molar-refractivity contribution in [2.45, 2.75) is 32.2 Å². The number of pyridine rings is 1. The van der Waals surface area contributed by atoms with Crippen molar-refractivity contribution in [1.82, 2.24) is 9.88 Å². The normalized spacial score (nSPS) is 20.0. The second kappa shape index (κ2) is 5.30. The Labute approximate surface area is 126 Å². The molecule has 0 spiro atoms. The first-order chi connectivity index (χ1) is 10.1. The molecule has 0 atom stereocenters. The molecule has 5 nitrogen and oxygen atoms in total. The van der Waals surface area contributed by atoms with E-state index in [9.17, 15) is 4.79 Å². The standard InChI is InChI=1S/C16H24N4O/c1-3-19(4-2)15(21)14-9-13(7-8-18-14)20-10-16(17,11-20)12-5-6-12/h7-9,12H,3-6,10-11,17H2,1-2H3. The van der Waals surface area contributed by atoms with Gasteiger partial charge in [-0.1, -0.05) is 0 Å².